The van der Waals surface area contributed by atoms with Crippen LogP contribution in [0, 0.1) is 0 Å². The number of anilines is 1. The topological polar surface area (TPSA) is 128 Å². The minimum atomic E-state index is -4.11. The predicted octanol–water partition coefficient (Wildman–Crippen LogP) is 2.22. The molecule has 152 valence electrons. The number of nitrogens with zero attached hydrogens (tertiary/aromatic N) is 2. The van der Waals surface area contributed by atoms with Crippen LogP contribution in [0.1, 0.15) is 0 Å². The molecule has 1 aromatic carbocycles. The molecule has 13 heteroatoms. The standard InChI is InChI=1S/C15H15Cl2N3O6S2/c1-25-14-13(18-6-11(19-14)27-7-9(21)15(22)26-2)20-28(23,24)10-5-3-4-8(16)12(10)17/h3-6,9,21H,7H2,1-2H3,(H,18,20)/t9-/m0/s1. The van der Waals surface area contributed by atoms with Gasteiger partial charge in [-0.15, -0.1) is 11.8 Å². The van der Waals surface area contributed by atoms with E-state index in [0.717, 1.165) is 18.9 Å². The fraction of sp³-hybridized carbons (Fsp3) is 0.267. The number of hydrogen-bond acceptors (Lipinski definition) is 9. The van der Waals surface area contributed by atoms with E-state index in [1.807, 2.05) is 0 Å². The summed E-state index contributed by atoms with van der Waals surface area (Å²) in [6.45, 7) is 0. The second-order valence-electron chi connectivity index (χ2n) is 5.07. The maximum absolute atomic E-state index is 12.6. The Labute approximate surface area is 175 Å². The number of aliphatic hydroxyl groups excluding tert-OH is 1. The van der Waals surface area contributed by atoms with Crippen LogP contribution >= 0.6 is 35.0 Å². The molecule has 2 aromatic rings. The van der Waals surface area contributed by atoms with Gasteiger partial charge in [0.25, 0.3) is 15.9 Å². The zero-order valence-corrected chi connectivity index (χ0v) is 17.7. The van der Waals surface area contributed by atoms with E-state index in [1.165, 1.54) is 31.5 Å². The summed E-state index contributed by atoms with van der Waals surface area (Å²) in [5.74, 6) is -1.10. The average molecular weight is 468 g/mol. The number of carbonyl (C=O) groups excluding carboxylic acids is 1. The van der Waals surface area contributed by atoms with Gasteiger partial charge in [-0.05, 0) is 12.1 Å². The van der Waals surface area contributed by atoms with Crippen LogP contribution in [0.4, 0.5) is 5.82 Å². The molecule has 0 amide bonds. The monoisotopic (exact) mass is 467 g/mol. The van der Waals surface area contributed by atoms with Crippen molar-refractivity contribution in [2.75, 3.05) is 24.7 Å². The fourth-order valence-corrected chi connectivity index (χ4v) is 4.39. The van der Waals surface area contributed by atoms with Gasteiger partial charge in [0.2, 0.25) is 5.82 Å². The van der Waals surface area contributed by atoms with E-state index in [2.05, 4.69) is 19.4 Å². The molecule has 0 aliphatic rings. The van der Waals surface area contributed by atoms with Gasteiger partial charge >= 0.3 is 5.97 Å². The third kappa shape index (κ3) is 5.39. The highest BCUT2D eigenvalue weighted by Gasteiger charge is 2.23. The normalized spacial score (nSPS) is 12.3. The predicted molar refractivity (Wildman–Crippen MR) is 105 cm³/mol. The maximum Gasteiger partial charge on any atom is 0.335 e. The Morgan fingerprint density at radius 1 is 1.36 bits per heavy atom. The van der Waals surface area contributed by atoms with Gasteiger partial charge in [0.1, 0.15) is 9.92 Å². The van der Waals surface area contributed by atoms with Crippen LogP contribution in [0.15, 0.2) is 34.3 Å². The van der Waals surface area contributed by atoms with Crippen molar-refractivity contribution >= 4 is 56.8 Å². The number of aromatic nitrogens is 2. The van der Waals surface area contributed by atoms with Gasteiger partial charge in [-0.25, -0.2) is 23.2 Å². The molecule has 28 heavy (non-hydrogen) atoms. The van der Waals surface area contributed by atoms with Crippen molar-refractivity contribution in [1.82, 2.24) is 9.97 Å². The first-order valence-electron chi connectivity index (χ1n) is 7.46. The lowest BCUT2D eigenvalue weighted by atomic mass is 10.4. The second kappa shape index (κ2) is 9.61. The van der Waals surface area contributed by atoms with Crippen molar-refractivity contribution in [3.05, 3.63) is 34.4 Å². The summed E-state index contributed by atoms with van der Waals surface area (Å²) in [7, 11) is -1.67. The van der Waals surface area contributed by atoms with E-state index in [0.29, 0.717) is 5.03 Å². The highest BCUT2D eigenvalue weighted by atomic mass is 35.5. The third-order valence-electron chi connectivity index (χ3n) is 3.21. The maximum atomic E-state index is 12.6. The molecule has 0 saturated heterocycles. The zero-order valence-electron chi connectivity index (χ0n) is 14.5. The van der Waals surface area contributed by atoms with Crippen molar-refractivity contribution < 1.29 is 27.8 Å². The molecule has 2 N–H and O–H groups in total. The minimum absolute atomic E-state index is 0.0340. The summed E-state index contributed by atoms with van der Waals surface area (Å²) in [6, 6.07) is 4.19. The summed E-state index contributed by atoms with van der Waals surface area (Å²) in [6.07, 6.45) is -0.0832. The smallest absolute Gasteiger partial charge is 0.335 e. The van der Waals surface area contributed by atoms with Crippen LogP contribution in [-0.4, -0.2) is 55.5 Å². The number of carbonyl (C=O) groups is 1. The van der Waals surface area contributed by atoms with Crippen LogP contribution in [0.2, 0.25) is 10.0 Å². The molecule has 9 nitrogen and oxygen atoms in total. The number of aliphatic hydroxyl groups is 1. The van der Waals surface area contributed by atoms with Gasteiger partial charge in [-0.2, -0.15) is 0 Å². The Kier molecular flexibility index (Phi) is 7.72. The zero-order chi connectivity index (χ0) is 20.9. The molecule has 0 unspecified atom stereocenters. The molecule has 0 radical (unpaired) electrons. The minimum Gasteiger partial charge on any atom is -0.478 e. The van der Waals surface area contributed by atoms with Crippen LogP contribution < -0.4 is 9.46 Å². The van der Waals surface area contributed by atoms with Crippen LogP contribution in [0.3, 0.4) is 0 Å². The first-order valence-corrected chi connectivity index (χ1v) is 10.7. The van der Waals surface area contributed by atoms with Gasteiger partial charge < -0.3 is 14.6 Å². The lowest BCUT2D eigenvalue weighted by Gasteiger charge is -2.13. The molecular weight excluding hydrogens is 453 g/mol. The van der Waals surface area contributed by atoms with E-state index in [-0.39, 0.29) is 32.4 Å². The van der Waals surface area contributed by atoms with Crippen LogP contribution in [0.5, 0.6) is 5.88 Å². The fourth-order valence-electron chi connectivity index (χ4n) is 1.88. The quantitative estimate of drug-likeness (QED) is 0.443. The van der Waals surface area contributed by atoms with Crippen molar-refractivity contribution in [3.8, 4) is 5.88 Å². The molecule has 1 atom stereocenters. The van der Waals surface area contributed by atoms with Gasteiger partial charge in [-0.1, -0.05) is 29.3 Å². The van der Waals surface area contributed by atoms with Gasteiger partial charge in [0.15, 0.2) is 6.10 Å². The first-order chi connectivity index (χ1) is 13.2. The summed E-state index contributed by atoms with van der Waals surface area (Å²) in [5.41, 5.74) is 0. The second-order valence-corrected chi connectivity index (χ2v) is 8.55. The number of rotatable bonds is 8. The largest absolute Gasteiger partial charge is 0.478 e. The summed E-state index contributed by atoms with van der Waals surface area (Å²) >= 11 is 12.8. The first kappa shape index (κ1) is 22.5. The molecular formula is C15H15Cl2N3O6S2. The van der Waals surface area contributed by atoms with E-state index in [9.17, 15) is 18.3 Å². The lowest BCUT2D eigenvalue weighted by molar-refractivity contribution is -0.149. The van der Waals surface area contributed by atoms with Crippen molar-refractivity contribution in [2.24, 2.45) is 0 Å². The Morgan fingerprint density at radius 3 is 2.71 bits per heavy atom. The highest BCUT2D eigenvalue weighted by molar-refractivity contribution is 7.99. The summed E-state index contributed by atoms with van der Waals surface area (Å²) in [5, 5.41) is 9.84. The average Bonchev–Trinajstić information content (AvgIpc) is 2.67. The molecule has 0 spiro atoms. The summed E-state index contributed by atoms with van der Waals surface area (Å²) in [4.78, 5) is 19.1. The highest BCUT2D eigenvalue weighted by Crippen LogP contribution is 2.31. The molecule has 2 rings (SSSR count). The van der Waals surface area contributed by atoms with Gasteiger partial charge in [-0.3, -0.25) is 4.72 Å². The third-order valence-corrected chi connectivity index (χ3v) is 6.50. The molecule has 0 saturated carbocycles. The Bertz CT molecular complexity index is 974. The SMILES string of the molecule is COC(=O)[C@@H](O)CSc1cnc(NS(=O)(=O)c2cccc(Cl)c2Cl)c(OC)n1. The molecule has 0 fully saturated rings. The number of thioether (sulfide) groups is 1. The number of nitrogens with one attached hydrogen (secondary N) is 1. The Balaban J connectivity index is 2.22. The van der Waals surface area contributed by atoms with Gasteiger partial charge in [0.05, 0.1) is 30.5 Å². The number of methoxy groups -OCH3 is 2. The number of hydrogen-bond donors (Lipinski definition) is 2. The van der Waals surface area contributed by atoms with E-state index >= 15 is 0 Å². The molecule has 0 aliphatic carbocycles. The number of sulfonamides is 1. The number of halogens is 2. The molecule has 1 heterocycles. The lowest BCUT2D eigenvalue weighted by Crippen LogP contribution is -2.24. The number of benzene rings is 1. The number of esters is 1. The van der Waals surface area contributed by atoms with Crippen LogP contribution in [-0.2, 0) is 19.6 Å². The van der Waals surface area contributed by atoms with E-state index < -0.39 is 22.1 Å². The van der Waals surface area contributed by atoms with Gasteiger partial charge in [0, 0.05) is 5.75 Å². The van der Waals surface area contributed by atoms with Crippen LogP contribution in [0.25, 0.3) is 0 Å². The molecule has 0 aliphatic heterocycles. The Morgan fingerprint density at radius 2 is 2.07 bits per heavy atom. The Hall–Kier alpha value is -1.79. The van der Waals surface area contributed by atoms with E-state index in [1.54, 1.807) is 0 Å². The van der Waals surface area contributed by atoms with Crippen molar-refractivity contribution in [3.63, 3.8) is 0 Å². The molecule has 0 bridgehead atoms. The van der Waals surface area contributed by atoms with Crippen molar-refractivity contribution in [2.45, 2.75) is 16.0 Å². The molecule has 1 aromatic heterocycles. The van der Waals surface area contributed by atoms with E-state index in [4.69, 9.17) is 27.9 Å². The number of ether oxygens (including phenoxy) is 2. The van der Waals surface area contributed by atoms with Crippen molar-refractivity contribution in [1.29, 1.82) is 0 Å². The summed E-state index contributed by atoms with van der Waals surface area (Å²) < 4.78 is 36.9.